The third kappa shape index (κ3) is 1.86. The van der Waals surface area contributed by atoms with Gasteiger partial charge in [0, 0.05) is 5.69 Å². The number of fused-ring (bicyclic) bond motifs is 1. The molecule has 0 spiro atoms. The summed E-state index contributed by atoms with van der Waals surface area (Å²) < 4.78 is 1.62. The normalized spacial score (nSPS) is 10.9. The predicted molar refractivity (Wildman–Crippen MR) is 81.2 cm³/mol. The summed E-state index contributed by atoms with van der Waals surface area (Å²) in [5.74, 6) is 0.665. The number of hydrogen-bond donors (Lipinski definition) is 1. The molecule has 0 amide bonds. The number of aryl methyl sites for hydroxylation is 2. The predicted octanol–water partition coefficient (Wildman–Crippen LogP) is 2.58. The van der Waals surface area contributed by atoms with Gasteiger partial charge in [-0.15, -0.1) is 0 Å². The average Bonchev–Trinajstić information content (AvgIpc) is 2.43. The molecule has 2 aromatic carbocycles. The summed E-state index contributed by atoms with van der Waals surface area (Å²) >= 11 is 0. The zero-order chi connectivity index (χ0) is 14.3. The Morgan fingerprint density at radius 1 is 1.10 bits per heavy atom. The summed E-state index contributed by atoms with van der Waals surface area (Å²) in [4.78, 5) is 17.1. The summed E-state index contributed by atoms with van der Waals surface area (Å²) in [7, 11) is 0. The number of nitrogen functional groups attached to an aromatic ring is 1. The van der Waals surface area contributed by atoms with Crippen LogP contribution in [0, 0.1) is 13.8 Å². The van der Waals surface area contributed by atoms with Crippen molar-refractivity contribution in [2.24, 2.45) is 0 Å². The Morgan fingerprint density at radius 3 is 2.60 bits per heavy atom. The molecule has 0 aliphatic carbocycles. The molecule has 1 heterocycles. The van der Waals surface area contributed by atoms with Crippen molar-refractivity contribution in [3.8, 4) is 5.69 Å². The minimum atomic E-state index is -0.0581. The summed E-state index contributed by atoms with van der Waals surface area (Å²) in [6.07, 6.45) is 0. The van der Waals surface area contributed by atoms with Gasteiger partial charge in [0.15, 0.2) is 0 Å². The molecule has 0 saturated carbocycles. The molecule has 0 aliphatic heterocycles. The van der Waals surface area contributed by atoms with E-state index in [0.29, 0.717) is 16.9 Å². The molecule has 0 atom stereocenters. The molecular formula is C16H15N3O. The van der Waals surface area contributed by atoms with Gasteiger partial charge < -0.3 is 5.73 Å². The number of nitrogens with zero attached hydrogens (tertiary/aromatic N) is 2. The van der Waals surface area contributed by atoms with Crippen LogP contribution in [-0.2, 0) is 0 Å². The maximum Gasteiger partial charge on any atom is 0.265 e. The van der Waals surface area contributed by atoms with Crippen molar-refractivity contribution in [3.63, 3.8) is 0 Å². The largest absolute Gasteiger partial charge is 0.399 e. The van der Waals surface area contributed by atoms with Gasteiger partial charge in [-0.1, -0.05) is 12.1 Å². The standard InChI is InChI=1S/C16H15N3O/c1-10-9-12(7-8-14(10)17)19-11(2)18-15-6-4-3-5-13(15)16(19)20/h3-9H,17H2,1-2H3. The number of rotatable bonds is 1. The maximum atomic E-state index is 12.6. The van der Waals surface area contributed by atoms with Gasteiger partial charge in [-0.25, -0.2) is 4.98 Å². The third-order valence-corrected chi connectivity index (χ3v) is 3.45. The number of hydrogen-bond acceptors (Lipinski definition) is 3. The van der Waals surface area contributed by atoms with Crippen LogP contribution in [0.5, 0.6) is 0 Å². The zero-order valence-corrected chi connectivity index (χ0v) is 11.4. The third-order valence-electron chi connectivity index (χ3n) is 3.45. The van der Waals surface area contributed by atoms with E-state index in [0.717, 1.165) is 16.8 Å². The smallest absolute Gasteiger partial charge is 0.265 e. The topological polar surface area (TPSA) is 60.9 Å². The van der Waals surface area contributed by atoms with E-state index in [1.165, 1.54) is 0 Å². The molecule has 0 saturated heterocycles. The lowest BCUT2D eigenvalue weighted by molar-refractivity contribution is 0.894. The lowest BCUT2D eigenvalue weighted by atomic mass is 10.1. The summed E-state index contributed by atoms with van der Waals surface area (Å²) in [5.41, 5.74) is 8.94. The molecule has 4 nitrogen and oxygen atoms in total. The van der Waals surface area contributed by atoms with Gasteiger partial charge in [-0.2, -0.15) is 0 Å². The Hall–Kier alpha value is -2.62. The average molecular weight is 265 g/mol. The van der Waals surface area contributed by atoms with Gasteiger partial charge >= 0.3 is 0 Å². The van der Waals surface area contributed by atoms with Crippen molar-refractivity contribution in [1.29, 1.82) is 0 Å². The molecule has 4 heteroatoms. The van der Waals surface area contributed by atoms with Gasteiger partial charge in [0.2, 0.25) is 0 Å². The lowest BCUT2D eigenvalue weighted by Crippen LogP contribution is -2.22. The van der Waals surface area contributed by atoms with Crippen molar-refractivity contribution in [3.05, 3.63) is 64.2 Å². The number of para-hydroxylation sites is 1. The van der Waals surface area contributed by atoms with Crippen molar-refractivity contribution in [1.82, 2.24) is 9.55 Å². The van der Waals surface area contributed by atoms with Gasteiger partial charge in [0.05, 0.1) is 16.6 Å². The van der Waals surface area contributed by atoms with Crippen LogP contribution in [0.4, 0.5) is 5.69 Å². The van der Waals surface area contributed by atoms with Crippen LogP contribution in [0.2, 0.25) is 0 Å². The molecule has 2 N–H and O–H groups in total. The number of benzene rings is 2. The van der Waals surface area contributed by atoms with Gasteiger partial charge in [-0.3, -0.25) is 9.36 Å². The van der Waals surface area contributed by atoms with E-state index in [1.54, 1.807) is 10.6 Å². The highest BCUT2D eigenvalue weighted by Crippen LogP contribution is 2.17. The minimum absolute atomic E-state index is 0.0581. The highest BCUT2D eigenvalue weighted by atomic mass is 16.1. The second kappa shape index (κ2) is 4.49. The van der Waals surface area contributed by atoms with E-state index < -0.39 is 0 Å². The SMILES string of the molecule is Cc1cc(-n2c(C)nc3ccccc3c2=O)ccc1N. The number of nitrogens with two attached hydrogens (primary N) is 1. The summed E-state index contributed by atoms with van der Waals surface area (Å²) in [5, 5.41) is 0.618. The fourth-order valence-electron chi connectivity index (χ4n) is 2.35. The first kappa shape index (κ1) is 12.4. The molecular weight excluding hydrogens is 250 g/mol. The van der Waals surface area contributed by atoms with E-state index in [2.05, 4.69) is 4.98 Å². The summed E-state index contributed by atoms with van der Waals surface area (Å²) in [6.45, 7) is 3.76. The van der Waals surface area contributed by atoms with Crippen molar-refractivity contribution >= 4 is 16.6 Å². The Balaban J connectivity index is 2.36. The molecule has 100 valence electrons. The minimum Gasteiger partial charge on any atom is -0.399 e. The highest BCUT2D eigenvalue weighted by molar-refractivity contribution is 5.77. The molecule has 0 bridgehead atoms. The molecule has 3 rings (SSSR count). The fourth-order valence-corrected chi connectivity index (χ4v) is 2.35. The van der Waals surface area contributed by atoms with E-state index in [4.69, 9.17) is 5.73 Å². The van der Waals surface area contributed by atoms with Crippen molar-refractivity contribution in [2.75, 3.05) is 5.73 Å². The van der Waals surface area contributed by atoms with Crippen LogP contribution in [0.3, 0.4) is 0 Å². The van der Waals surface area contributed by atoms with E-state index >= 15 is 0 Å². The van der Waals surface area contributed by atoms with Crippen LogP contribution in [-0.4, -0.2) is 9.55 Å². The van der Waals surface area contributed by atoms with Gasteiger partial charge in [0.1, 0.15) is 5.82 Å². The molecule has 0 aliphatic rings. The monoisotopic (exact) mass is 265 g/mol. The van der Waals surface area contributed by atoms with Gasteiger partial charge in [-0.05, 0) is 49.7 Å². The van der Waals surface area contributed by atoms with E-state index in [-0.39, 0.29) is 5.56 Å². The Morgan fingerprint density at radius 2 is 1.85 bits per heavy atom. The lowest BCUT2D eigenvalue weighted by Gasteiger charge is -2.12. The Labute approximate surface area is 116 Å². The van der Waals surface area contributed by atoms with E-state index in [1.807, 2.05) is 50.2 Å². The fraction of sp³-hybridized carbons (Fsp3) is 0.125. The molecule has 20 heavy (non-hydrogen) atoms. The zero-order valence-electron chi connectivity index (χ0n) is 11.4. The molecule has 1 aromatic heterocycles. The quantitative estimate of drug-likeness (QED) is 0.688. The van der Waals surface area contributed by atoms with Crippen LogP contribution >= 0.6 is 0 Å². The second-order valence-corrected chi connectivity index (χ2v) is 4.86. The van der Waals surface area contributed by atoms with Gasteiger partial charge in [0.25, 0.3) is 5.56 Å². The Kier molecular flexibility index (Phi) is 2.79. The number of anilines is 1. The van der Waals surface area contributed by atoms with Crippen LogP contribution < -0.4 is 11.3 Å². The van der Waals surface area contributed by atoms with Crippen LogP contribution in [0.25, 0.3) is 16.6 Å². The summed E-state index contributed by atoms with van der Waals surface area (Å²) in [6, 6.07) is 12.9. The van der Waals surface area contributed by atoms with E-state index in [9.17, 15) is 4.79 Å². The van der Waals surface area contributed by atoms with Crippen LogP contribution in [0.1, 0.15) is 11.4 Å². The second-order valence-electron chi connectivity index (χ2n) is 4.86. The maximum absolute atomic E-state index is 12.6. The molecule has 0 fully saturated rings. The first-order valence-corrected chi connectivity index (χ1v) is 6.43. The van der Waals surface area contributed by atoms with Crippen molar-refractivity contribution < 1.29 is 0 Å². The molecule has 0 radical (unpaired) electrons. The Bertz CT molecular complexity index is 865. The highest BCUT2D eigenvalue weighted by Gasteiger charge is 2.09. The van der Waals surface area contributed by atoms with Crippen LogP contribution in [0.15, 0.2) is 47.3 Å². The molecule has 0 unspecified atom stereocenters. The molecule has 3 aromatic rings. The number of aromatic nitrogens is 2. The van der Waals surface area contributed by atoms with Crippen molar-refractivity contribution in [2.45, 2.75) is 13.8 Å². The first-order chi connectivity index (χ1) is 9.58. The first-order valence-electron chi connectivity index (χ1n) is 6.43.